The van der Waals surface area contributed by atoms with Crippen molar-refractivity contribution in [2.24, 2.45) is 5.10 Å². The molecule has 0 unspecified atom stereocenters. The summed E-state index contributed by atoms with van der Waals surface area (Å²) < 4.78 is 0. The zero-order valence-electron chi connectivity index (χ0n) is 15.9. The fraction of sp³-hybridized carbons (Fsp3) is 0.0833. The van der Waals surface area contributed by atoms with Crippen LogP contribution in [0.2, 0.25) is 0 Å². The number of rotatable bonds is 3. The average Bonchev–Trinajstić information content (AvgIpc) is 2.70. The lowest BCUT2D eigenvalue weighted by Crippen LogP contribution is -2.24. The lowest BCUT2D eigenvalue weighted by atomic mass is 9.97. The minimum absolute atomic E-state index is 0.471. The predicted molar refractivity (Wildman–Crippen MR) is 124 cm³/mol. The molecule has 3 nitrogen and oxygen atoms in total. The first-order valence-corrected chi connectivity index (χ1v) is 9.61. The first-order chi connectivity index (χ1) is 13.6. The third-order valence-corrected chi connectivity index (χ3v) is 5.09. The summed E-state index contributed by atoms with van der Waals surface area (Å²) in [6.45, 7) is 4.12. The summed E-state index contributed by atoms with van der Waals surface area (Å²) in [6.07, 6.45) is 1.85. The molecule has 0 aliphatic heterocycles. The maximum Gasteiger partial charge on any atom is 0.191 e. The van der Waals surface area contributed by atoms with Gasteiger partial charge in [0.2, 0.25) is 0 Å². The van der Waals surface area contributed by atoms with Gasteiger partial charge >= 0.3 is 0 Å². The smallest absolute Gasteiger partial charge is 0.191 e. The molecule has 0 atom stereocenters. The number of hydrogen-bond acceptors (Lipinski definition) is 2. The molecule has 0 saturated carbocycles. The molecule has 4 heteroatoms. The van der Waals surface area contributed by atoms with Crippen LogP contribution in [0.15, 0.2) is 77.9 Å². The molecule has 0 amide bonds. The van der Waals surface area contributed by atoms with Gasteiger partial charge in [-0.2, -0.15) is 5.10 Å². The molecule has 0 aliphatic carbocycles. The number of hydrazone groups is 1. The first-order valence-electron chi connectivity index (χ1n) is 9.20. The van der Waals surface area contributed by atoms with E-state index in [0.717, 1.165) is 22.4 Å². The van der Waals surface area contributed by atoms with Crippen LogP contribution in [-0.2, 0) is 0 Å². The molecule has 4 rings (SSSR count). The van der Waals surface area contributed by atoms with Gasteiger partial charge in [0.05, 0.1) is 6.21 Å². The van der Waals surface area contributed by atoms with E-state index in [2.05, 4.69) is 96.4 Å². The Hall–Kier alpha value is -3.24. The van der Waals surface area contributed by atoms with Gasteiger partial charge in [-0.25, -0.2) is 0 Å². The maximum absolute atomic E-state index is 5.43. The molecular formula is C24H21N3S. The third-order valence-electron chi connectivity index (χ3n) is 4.89. The van der Waals surface area contributed by atoms with E-state index in [9.17, 15) is 0 Å². The Morgan fingerprint density at radius 1 is 0.821 bits per heavy atom. The lowest BCUT2D eigenvalue weighted by Gasteiger charge is -2.13. The monoisotopic (exact) mass is 383 g/mol. The summed E-state index contributed by atoms with van der Waals surface area (Å²) in [4.78, 5) is 0. The lowest BCUT2D eigenvalue weighted by molar-refractivity contribution is 1.05. The molecular weight excluding hydrogens is 362 g/mol. The molecule has 0 bridgehead atoms. The zero-order valence-corrected chi connectivity index (χ0v) is 16.7. The predicted octanol–water partition coefficient (Wildman–Crippen LogP) is 5.93. The molecule has 0 radical (unpaired) electrons. The van der Waals surface area contributed by atoms with Gasteiger partial charge in [-0.15, -0.1) is 0 Å². The molecule has 0 spiro atoms. The van der Waals surface area contributed by atoms with E-state index in [1.54, 1.807) is 0 Å². The first kappa shape index (κ1) is 18.1. The highest BCUT2D eigenvalue weighted by Crippen LogP contribution is 2.27. The van der Waals surface area contributed by atoms with Crippen molar-refractivity contribution >= 4 is 50.8 Å². The number of thiocarbonyl (C=S) groups is 1. The molecule has 0 heterocycles. The number of nitrogens with zero attached hydrogens (tertiary/aromatic N) is 1. The Bertz CT molecular complexity index is 1140. The van der Waals surface area contributed by atoms with Gasteiger partial charge in [0.25, 0.3) is 0 Å². The normalized spacial score (nSPS) is 11.2. The summed E-state index contributed by atoms with van der Waals surface area (Å²) in [5.74, 6) is 0. The van der Waals surface area contributed by atoms with Crippen molar-refractivity contribution < 1.29 is 0 Å². The van der Waals surface area contributed by atoms with E-state index >= 15 is 0 Å². The number of para-hydroxylation sites is 1. The van der Waals surface area contributed by atoms with Crippen molar-refractivity contribution in [3.8, 4) is 0 Å². The number of benzene rings is 4. The van der Waals surface area contributed by atoms with Crippen LogP contribution in [-0.4, -0.2) is 11.3 Å². The summed E-state index contributed by atoms with van der Waals surface area (Å²) in [7, 11) is 0. The highest BCUT2D eigenvalue weighted by atomic mass is 32.1. The Morgan fingerprint density at radius 2 is 1.39 bits per heavy atom. The van der Waals surface area contributed by atoms with Gasteiger partial charge < -0.3 is 5.32 Å². The topological polar surface area (TPSA) is 36.4 Å². The van der Waals surface area contributed by atoms with Gasteiger partial charge in [0.15, 0.2) is 5.11 Å². The van der Waals surface area contributed by atoms with Gasteiger partial charge in [0, 0.05) is 11.3 Å². The fourth-order valence-electron chi connectivity index (χ4n) is 3.50. The number of hydrogen-bond donors (Lipinski definition) is 2. The van der Waals surface area contributed by atoms with Crippen LogP contribution < -0.4 is 10.7 Å². The zero-order chi connectivity index (χ0) is 19.5. The highest BCUT2D eigenvalue weighted by Gasteiger charge is 2.06. The Balaban J connectivity index is 1.62. The molecule has 2 N–H and O–H groups in total. The summed E-state index contributed by atoms with van der Waals surface area (Å²) in [5, 5.41) is 12.9. The van der Waals surface area contributed by atoms with Crippen molar-refractivity contribution in [2.75, 3.05) is 5.32 Å². The van der Waals surface area contributed by atoms with E-state index in [-0.39, 0.29) is 0 Å². The molecule has 4 aromatic rings. The van der Waals surface area contributed by atoms with Crippen LogP contribution in [0.1, 0.15) is 16.7 Å². The minimum atomic E-state index is 0.471. The summed E-state index contributed by atoms with van der Waals surface area (Å²) in [6, 6.07) is 25.1. The second-order valence-corrected chi connectivity index (χ2v) is 7.23. The third kappa shape index (κ3) is 3.59. The van der Waals surface area contributed by atoms with Crippen LogP contribution in [0.3, 0.4) is 0 Å². The Morgan fingerprint density at radius 3 is 2.00 bits per heavy atom. The van der Waals surface area contributed by atoms with Crippen LogP contribution >= 0.6 is 12.2 Å². The molecule has 0 fully saturated rings. The van der Waals surface area contributed by atoms with Crippen molar-refractivity contribution in [1.29, 1.82) is 0 Å². The molecule has 0 aromatic heterocycles. The SMILES string of the molecule is Cc1cccc(C)c1NC(=S)N/N=C\c1c2ccccc2cc2ccccc12. The van der Waals surface area contributed by atoms with Gasteiger partial charge in [0.1, 0.15) is 0 Å². The summed E-state index contributed by atoms with van der Waals surface area (Å²) in [5.41, 5.74) is 7.35. The number of nitrogens with one attached hydrogen (secondary N) is 2. The second kappa shape index (κ2) is 7.79. The van der Waals surface area contributed by atoms with E-state index < -0.39 is 0 Å². The minimum Gasteiger partial charge on any atom is -0.331 e. The van der Waals surface area contributed by atoms with Crippen LogP contribution in [0.4, 0.5) is 5.69 Å². The molecule has 0 aliphatic rings. The van der Waals surface area contributed by atoms with E-state index in [1.165, 1.54) is 21.5 Å². The summed E-state index contributed by atoms with van der Waals surface area (Å²) >= 11 is 5.43. The maximum atomic E-state index is 5.43. The number of anilines is 1. The van der Waals surface area contributed by atoms with Gasteiger partial charge in [-0.3, -0.25) is 5.43 Å². The van der Waals surface area contributed by atoms with Crippen molar-refractivity contribution in [3.05, 3.63) is 89.5 Å². The van der Waals surface area contributed by atoms with Gasteiger partial charge in [-0.05, 0) is 64.8 Å². The van der Waals surface area contributed by atoms with Crippen molar-refractivity contribution in [1.82, 2.24) is 5.43 Å². The van der Waals surface area contributed by atoms with Crippen molar-refractivity contribution in [2.45, 2.75) is 13.8 Å². The Kier molecular flexibility index (Phi) is 5.04. The second-order valence-electron chi connectivity index (χ2n) is 6.82. The highest BCUT2D eigenvalue weighted by molar-refractivity contribution is 7.80. The van der Waals surface area contributed by atoms with Crippen LogP contribution in [0, 0.1) is 13.8 Å². The Labute approximate surface area is 170 Å². The van der Waals surface area contributed by atoms with E-state index in [4.69, 9.17) is 12.2 Å². The van der Waals surface area contributed by atoms with E-state index in [1.807, 2.05) is 12.3 Å². The fourth-order valence-corrected chi connectivity index (χ4v) is 3.65. The number of fused-ring (bicyclic) bond motifs is 2. The standard InChI is InChI=1S/C24H21N3S/c1-16-8-7-9-17(2)23(16)26-24(28)27-25-15-22-20-12-5-3-10-18(20)14-19-11-4-6-13-21(19)22/h3-15H,1-2H3,(H2,26,27,28)/b25-15-. The molecule has 4 aromatic carbocycles. The average molecular weight is 384 g/mol. The van der Waals surface area contributed by atoms with E-state index in [0.29, 0.717) is 5.11 Å². The van der Waals surface area contributed by atoms with Crippen molar-refractivity contribution in [3.63, 3.8) is 0 Å². The largest absolute Gasteiger partial charge is 0.331 e. The van der Waals surface area contributed by atoms with Crippen LogP contribution in [0.5, 0.6) is 0 Å². The molecule has 138 valence electrons. The molecule has 0 saturated heterocycles. The number of aryl methyl sites for hydroxylation is 2. The van der Waals surface area contributed by atoms with Crippen LogP contribution in [0.25, 0.3) is 21.5 Å². The van der Waals surface area contributed by atoms with Gasteiger partial charge in [-0.1, -0.05) is 66.7 Å². The molecule has 28 heavy (non-hydrogen) atoms. The quantitative estimate of drug-likeness (QED) is 0.199.